The number of nitrogens with one attached hydrogen (secondary N) is 1. The van der Waals surface area contributed by atoms with Crippen LogP contribution in [0.1, 0.15) is 64.7 Å². The molecule has 0 aromatic carbocycles. The van der Waals surface area contributed by atoms with Gasteiger partial charge >= 0.3 is 0 Å². The van der Waals surface area contributed by atoms with Crippen LogP contribution in [0.3, 0.4) is 0 Å². The van der Waals surface area contributed by atoms with Crippen LogP contribution >= 0.6 is 0 Å². The Kier molecular flexibility index (Phi) is 16.8. The number of nitrogens with zero attached hydrogens (tertiary/aromatic N) is 1. The molecule has 20 heavy (non-hydrogen) atoms. The second-order valence-electron chi connectivity index (χ2n) is 5.99. The highest BCUT2D eigenvalue weighted by Gasteiger charge is 1.93. The van der Waals surface area contributed by atoms with E-state index < -0.39 is 0 Å². The number of hydrogen-bond donors (Lipinski definition) is 1. The summed E-state index contributed by atoms with van der Waals surface area (Å²) in [5.41, 5.74) is 0. The fourth-order valence-corrected chi connectivity index (χ4v) is 2.19. The van der Waals surface area contributed by atoms with Crippen molar-refractivity contribution < 1.29 is 4.74 Å². The molecule has 0 bridgehead atoms. The number of likely N-dealkylation sites (N-methyl/N-ethyl adjacent to an activating group) is 1. The van der Waals surface area contributed by atoms with Crippen LogP contribution < -0.4 is 5.32 Å². The minimum Gasteiger partial charge on any atom is -0.380 e. The van der Waals surface area contributed by atoms with Gasteiger partial charge in [-0.1, -0.05) is 58.3 Å². The van der Waals surface area contributed by atoms with Crippen LogP contribution in [-0.4, -0.2) is 51.8 Å². The summed E-state index contributed by atoms with van der Waals surface area (Å²) in [6.45, 7) is 7.19. The molecule has 3 nitrogen and oxygen atoms in total. The van der Waals surface area contributed by atoms with Crippen molar-refractivity contribution in [2.45, 2.75) is 64.7 Å². The highest BCUT2D eigenvalue weighted by Crippen LogP contribution is 2.09. The number of unbranched alkanes of at least 4 members (excludes halogenated alkanes) is 8. The van der Waals surface area contributed by atoms with Crippen molar-refractivity contribution in [1.29, 1.82) is 0 Å². The van der Waals surface area contributed by atoms with Gasteiger partial charge in [0.25, 0.3) is 0 Å². The van der Waals surface area contributed by atoms with Gasteiger partial charge in [-0.05, 0) is 20.5 Å². The monoisotopic (exact) mass is 286 g/mol. The van der Waals surface area contributed by atoms with E-state index in [2.05, 4.69) is 31.2 Å². The highest BCUT2D eigenvalue weighted by molar-refractivity contribution is 4.50. The van der Waals surface area contributed by atoms with E-state index in [1.54, 1.807) is 0 Å². The van der Waals surface area contributed by atoms with Gasteiger partial charge < -0.3 is 15.0 Å². The molecule has 0 amide bonds. The van der Waals surface area contributed by atoms with Crippen molar-refractivity contribution in [3.63, 3.8) is 0 Å². The van der Waals surface area contributed by atoms with Gasteiger partial charge in [-0.15, -0.1) is 0 Å². The second-order valence-corrected chi connectivity index (χ2v) is 5.99. The van der Waals surface area contributed by atoms with E-state index in [1.807, 2.05) is 0 Å². The van der Waals surface area contributed by atoms with Crippen molar-refractivity contribution >= 4 is 0 Å². The van der Waals surface area contributed by atoms with Crippen LogP contribution in [-0.2, 0) is 4.74 Å². The van der Waals surface area contributed by atoms with Gasteiger partial charge in [0.05, 0.1) is 6.61 Å². The smallest absolute Gasteiger partial charge is 0.0590 e. The zero-order valence-corrected chi connectivity index (χ0v) is 14.3. The number of ether oxygens (including phenoxy) is 1. The molecule has 1 N–H and O–H groups in total. The van der Waals surface area contributed by atoms with Crippen LogP contribution in [0.2, 0.25) is 0 Å². The number of rotatable bonds is 16. The van der Waals surface area contributed by atoms with Gasteiger partial charge in [0, 0.05) is 26.2 Å². The first kappa shape index (κ1) is 19.9. The molecule has 0 saturated heterocycles. The van der Waals surface area contributed by atoms with Gasteiger partial charge in [-0.25, -0.2) is 0 Å². The zero-order valence-electron chi connectivity index (χ0n) is 14.3. The van der Waals surface area contributed by atoms with Crippen molar-refractivity contribution in [2.75, 3.05) is 46.9 Å². The summed E-state index contributed by atoms with van der Waals surface area (Å²) in [6.07, 6.45) is 12.4. The van der Waals surface area contributed by atoms with E-state index in [0.29, 0.717) is 0 Å². The quantitative estimate of drug-likeness (QED) is 0.438. The summed E-state index contributed by atoms with van der Waals surface area (Å²) in [5, 5.41) is 3.39. The van der Waals surface area contributed by atoms with E-state index >= 15 is 0 Å². The zero-order chi connectivity index (χ0) is 14.9. The van der Waals surface area contributed by atoms with Gasteiger partial charge in [0.1, 0.15) is 0 Å². The minimum atomic E-state index is 0.852. The predicted molar refractivity (Wildman–Crippen MR) is 89.5 cm³/mol. The molecule has 0 unspecified atom stereocenters. The summed E-state index contributed by atoms with van der Waals surface area (Å²) in [4.78, 5) is 2.19. The maximum atomic E-state index is 5.62. The van der Waals surface area contributed by atoms with Crippen LogP contribution in [0.5, 0.6) is 0 Å². The molecule has 0 rings (SSSR count). The van der Waals surface area contributed by atoms with Gasteiger partial charge in [0.2, 0.25) is 0 Å². The molecular formula is C17H38N2O. The average Bonchev–Trinajstić information content (AvgIpc) is 2.43. The molecule has 0 aromatic rings. The molecule has 0 aliphatic carbocycles. The second kappa shape index (κ2) is 16.9. The maximum absolute atomic E-state index is 5.62. The lowest BCUT2D eigenvalue weighted by atomic mass is 10.1. The molecule has 0 radical (unpaired) electrons. The summed E-state index contributed by atoms with van der Waals surface area (Å²) in [6, 6.07) is 0. The summed E-state index contributed by atoms with van der Waals surface area (Å²) in [5.74, 6) is 0. The Morgan fingerprint density at radius 3 is 1.95 bits per heavy atom. The van der Waals surface area contributed by atoms with E-state index in [1.165, 1.54) is 57.8 Å². The first-order chi connectivity index (χ1) is 9.77. The third-order valence-electron chi connectivity index (χ3n) is 3.55. The SMILES string of the molecule is CCCCCCCCCCCOCCNCCN(C)C. The lowest BCUT2D eigenvalue weighted by molar-refractivity contribution is 0.131. The molecule has 0 spiro atoms. The molecule has 0 saturated carbocycles. The molecule has 122 valence electrons. The third-order valence-corrected chi connectivity index (χ3v) is 3.55. The molecule has 0 aliphatic heterocycles. The highest BCUT2D eigenvalue weighted by atomic mass is 16.5. The molecular weight excluding hydrogens is 248 g/mol. The Balaban J connectivity index is 2.92. The Hall–Kier alpha value is -0.120. The lowest BCUT2D eigenvalue weighted by Gasteiger charge is -2.10. The fourth-order valence-electron chi connectivity index (χ4n) is 2.19. The third kappa shape index (κ3) is 17.9. The summed E-state index contributed by atoms with van der Waals surface area (Å²) < 4.78 is 5.62. The normalized spacial score (nSPS) is 11.4. The van der Waals surface area contributed by atoms with Gasteiger partial charge in [0.15, 0.2) is 0 Å². The van der Waals surface area contributed by atoms with E-state index in [-0.39, 0.29) is 0 Å². The molecule has 0 fully saturated rings. The van der Waals surface area contributed by atoms with Crippen molar-refractivity contribution in [3.8, 4) is 0 Å². The molecule has 0 atom stereocenters. The first-order valence-electron chi connectivity index (χ1n) is 8.70. The fraction of sp³-hybridized carbons (Fsp3) is 1.00. The lowest BCUT2D eigenvalue weighted by Crippen LogP contribution is -2.29. The van der Waals surface area contributed by atoms with Crippen molar-refractivity contribution in [2.24, 2.45) is 0 Å². The molecule has 0 heterocycles. The Morgan fingerprint density at radius 1 is 0.750 bits per heavy atom. The topological polar surface area (TPSA) is 24.5 Å². The Labute approximate surface area is 127 Å². The average molecular weight is 287 g/mol. The molecule has 0 aliphatic rings. The van der Waals surface area contributed by atoms with Gasteiger partial charge in [-0.2, -0.15) is 0 Å². The Morgan fingerprint density at radius 2 is 1.35 bits per heavy atom. The van der Waals surface area contributed by atoms with Gasteiger partial charge in [-0.3, -0.25) is 0 Å². The Bertz CT molecular complexity index is 174. The molecule has 3 heteroatoms. The maximum Gasteiger partial charge on any atom is 0.0590 e. The summed E-state index contributed by atoms with van der Waals surface area (Å²) >= 11 is 0. The number of hydrogen-bond acceptors (Lipinski definition) is 3. The van der Waals surface area contributed by atoms with E-state index in [4.69, 9.17) is 4.74 Å². The van der Waals surface area contributed by atoms with Crippen molar-refractivity contribution in [1.82, 2.24) is 10.2 Å². The van der Waals surface area contributed by atoms with Crippen LogP contribution in [0.4, 0.5) is 0 Å². The van der Waals surface area contributed by atoms with Crippen molar-refractivity contribution in [3.05, 3.63) is 0 Å². The van der Waals surface area contributed by atoms with E-state index in [9.17, 15) is 0 Å². The van der Waals surface area contributed by atoms with Crippen LogP contribution in [0.15, 0.2) is 0 Å². The summed E-state index contributed by atoms with van der Waals surface area (Å²) in [7, 11) is 4.20. The van der Waals surface area contributed by atoms with Crippen LogP contribution in [0, 0.1) is 0 Å². The molecule has 0 aromatic heterocycles. The minimum absolute atomic E-state index is 0.852. The van der Waals surface area contributed by atoms with E-state index in [0.717, 1.165) is 32.8 Å². The predicted octanol–water partition coefficient (Wildman–Crippen LogP) is 3.69. The van der Waals surface area contributed by atoms with Crippen LogP contribution in [0.25, 0.3) is 0 Å². The first-order valence-corrected chi connectivity index (χ1v) is 8.70. The standard InChI is InChI=1S/C17H38N2O/c1-4-5-6-7-8-9-10-11-12-16-20-17-14-18-13-15-19(2)3/h18H,4-17H2,1-3H3. The largest absolute Gasteiger partial charge is 0.380 e.